The maximum absolute atomic E-state index is 13.9. The number of halogens is 2. The van der Waals surface area contributed by atoms with Crippen molar-refractivity contribution in [3.8, 4) is 5.75 Å². The number of nitrogens with zero attached hydrogens (tertiary/aromatic N) is 3. The standard InChI is InChI=1S/C31H25BrClN3O6S/c1-4-41-30(38)26-18(3)34-31-35(27(26)21-10-8-17(2)9-11-21)29(37)25(43-31)15-20-13-23(32)28(24(14-20)36(39)40)42-16-19-6-5-7-22(33)12-19/h5-15,27H,4,16H2,1-3H3/b25-15-/t27-/m0/s1. The number of aromatic nitrogens is 1. The number of benzene rings is 3. The Morgan fingerprint density at radius 3 is 2.60 bits per heavy atom. The first-order chi connectivity index (χ1) is 20.6. The van der Waals surface area contributed by atoms with Crippen LogP contribution >= 0.6 is 38.9 Å². The number of ether oxygens (including phenoxy) is 2. The van der Waals surface area contributed by atoms with Crippen molar-refractivity contribution in [2.75, 3.05) is 6.61 Å². The third-order valence-corrected chi connectivity index (χ3v) is 8.53. The average Bonchev–Trinajstić information content (AvgIpc) is 3.26. The number of nitro groups is 1. The van der Waals surface area contributed by atoms with Gasteiger partial charge >= 0.3 is 11.7 Å². The smallest absolute Gasteiger partial charge is 0.338 e. The van der Waals surface area contributed by atoms with Gasteiger partial charge in [0, 0.05) is 11.1 Å². The molecule has 3 aromatic carbocycles. The van der Waals surface area contributed by atoms with Gasteiger partial charge < -0.3 is 9.47 Å². The third-order valence-electron chi connectivity index (χ3n) is 6.72. The summed E-state index contributed by atoms with van der Waals surface area (Å²) >= 11 is 10.6. The summed E-state index contributed by atoms with van der Waals surface area (Å²) in [5, 5.41) is 12.6. The number of fused-ring (bicyclic) bond motifs is 1. The molecule has 0 fully saturated rings. The van der Waals surface area contributed by atoms with E-state index in [-0.39, 0.29) is 35.8 Å². The highest BCUT2D eigenvalue weighted by atomic mass is 79.9. The molecule has 0 N–H and O–H groups in total. The Kier molecular flexibility index (Phi) is 8.95. The number of aryl methyl sites for hydroxylation is 1. The number of allylic oxidation sites excluding steroid dienone is 1. The quantitative estimate of drug-likeness (QED) is 0.128. The molecule has 0 radical (unpaired) electrons. The molecule has 0 saturated heterocycles. The van der Waals surface area contributed by atoms with E-state index in [9.17, 15) is 19.7 Å². The lowest BCUT2D eigenvalue weighted by Gasteiger charge is -2.24. The zero-order valence-electron chi connectivity index (χ0n) is 23.3. The molecule has 1 aliphatic heterocycles. The largest absolute Gasteiger partial charge is 0.481 e. The lowest BCUT2D eigenvalue weighted by Crippen LogP contribution is -2.39. The minimum atomic E-state index is -0.749. The number of carbonyl (C=O) groups is 1. The molecule has 0 amide bonds. The first kappa shape index (κ1) is 30.4. The van der Waals surface area contributed by atoms with Gasteiger partial charge in [-0.3, -0.25) is 19.5 Å². The fourth-order valence-electron chi connectivity index (χ4n) is 4.75. The van der Waals surface area contributed by atoms with Crippen LogP contribution in [0.15, 0.2) is 86.2 Å². The van der Waals surface area contributed by atoms with E-state index in [4.69, 9.17) is 21.1 Å². The van der Waals surface area contributed by atoms with Gasteiger partial charge in [-0.05, 0) is 77.7 Å². The second kappa shape index (κ2) is 12.7. The number of rotatable bonds is 8. The number of nitro benzene ring substituents is 1. The minimum Gasteiger partial charge on any atom is -0.481 e. The average molecular weight is 683 g/mol. The normalized spacial score (nSPS) is 14.7. The molecular weight excluding hydrogens is 658 g/mol. The highest BCUT2D eigenvalue weighted by Gasteiger charge is 2.33. The minimum absolute atomic E-state index is 0.0534. The summed E-state index contributed by atoms with van der Waals surface area (Å²) in [6, 6.07) is 16.8. The molecule has 0 spiro atoms. The van der Waals surface area contributed by atoms with Crippen molar-refractivity contribution in [2.45, 2.75) is 33.4 Å². The Morgan fingerprint density at radius 1 is 1.19 bits per heavy atom. The van der Waals surface area contributed by atoms with Crippen molar-refractivity contribution in [3.05, 3.63) is 133 Å². The summed E-state index contributed by atoms with van der Waals surface area (Å²) in [7, 11) is 0. The van der Waals surface area contributed by atoms with E-state index in [0.29, 0.717) is 30.1 Å². The molecule has 0 saturated carbocycles. The zero-order valence-corrected chi connectivity index (χ0v) is 26.5. The lowest BCUT2D eigenvalue weighted by molar-refractivity contribution is -0.386. The zero-order chi connectivity index (χ0) is 30.8. The van der Waals surface area contributed by atoms with Crippen LogP contribution in [0.2, 0.25) is 5.02 Å². The number of carbonyl (C=O) groups excluding carboxylic acids is 1. The fraction of sp³-hybridized carbons (Fsp3) is 0.194. The second-order valence-electron chi connectivity index (χ2n) is 9.74. The van der Waals surface area contributed by atoms with Gasteiger partial charge in [0.05, 0.1) is 37.8 Å². The lowest BCUT2D eigenvalue weighted by atomic mass is 9.95. The van der Waals surface area contributed by atoms with Crippen LogP contribution in [-0.4, -0.2) is 22.1 Å². The predicted molar refractivity (Wildman–Crippen MR) is 168 cm³/mol. The van der Waals surface area contributed by atoms with Gasteiger partial charge in [0.2, 0.25) is 5.75 Å². The van der Waals surface area contributed by atoms with E-state index in [2.05, 4.69) is 20.9 Å². The second-order valence-corrected chi connectivity index (χ2v) is 12.0. The summed E-state index contributed by atoms with van der Waals surface area (Å²) in [6.45, 7) is 5.63. The highest BCUT2D eigenvalue weighted by Crippen LogP contribution is 2.37. The monoisotopic (exact) mass is 681 g/mol. The van der Waals surface area contributed by atoms with Gasteiger partial charge in [0.15, 0.2) is 4.80 Å². The number of esters is 1. The molecule has 1 atom stereocenters. The Bertz CT molecular complexity index is 1970. The summed E-state index contributed by atoms with van der Waals surface area (Å²) in [5.41, 5.74) is 3.00. The Balaban J connectivity index is 1.60. The molecule has 1 aromatic heterocycles. The van der Waals surface area contributed by atoms with Crippen LogP contribution in [0.3, 0.4) is 0 Å². The summed E-state index contributed by atoms with van der Waals surface area (Å²) in [6.07, 6.45) is 1.57. The summed E-state index contributed by atoms with van der Waals surface area (Å²) in [4.78, 5) is 43.4. The number of hydrogen-bond acceptors (Lipinski definition) is 8. The van der Waals surface area contributed by atoms with Crippen LogP contribution in [0.1, 0.15) is 42.1 Å². The van der Waals surface area contributed by atoms with Crippen molar-refractivity contribution < 1.29 is 19.2 Å². The Morgan fingerprint density at radius 2 is 1.93 bits per heavy atom. The van der Waals surface area contributed by atoms with Gasteiger partial charge in [0.1, 0.15) is 6.61 Å². The van der Waals surface area contributed by atoms with Crippen molar-refractivity contribution >= 4 is 56.6 Å². The van der Waals surface area contributed by atoms with Crippen LogP contribution < -0.4 is 19.6 Å². The van der Waals surface area contributed by atoms with Crippen molar-refractivity contribution in [1.29, 1.82) is 0 Å². The molecule has 12 heteroatoms. The topological polar surface area (TPSA) is 113 Å². The number of hydrogen-bond donors (Lipinski definition) is 0. The van der Waals surface area contributed by atoms with Crippen LogP contribution in [0.25, 0.3) is 6.08 Å². The maximum atomic E-state index is 13.9. The third kappa shape index (κ3) is 6.34. The van der Waals surface area contributed by atoms with E-state index in [0.717, 1.165) is 28.0 Å². The number of thiazole rings is 1. The molecule has 0 bridgehead atoms. The molecule has 2 heterocycles. The van der Waals surface area contributed by atoms with Crippen molar-refractivity contribution in [1.82, 2.24) is 4.57 Å². The van der Waals surface area contributed by atoms with Gasteiger partial charge in [-0.1, -0.05) is 64.9 Å². The van der Waals surface area contributed by atoms with E-state index >= 15 is 0 Å². The Hall–Kier alpha value is -4.06. The highest BCUT2D eigenvalue weighted by molar-refractivity contribution is 9.10. The van der Waals surface area contributed by atoms with E-state index in [1.165, 1.54) is 10.6 Å². The van der Waals surface area contributed by atoms with E-state index in [1.807, 2.05) is 31.2 Å². The molecule has 9 nitrogen and oxygen atoms in total. The van der Waals surface area contributed by atoms with Gasteiger partial charge in [-0.2, -0.15) is 0 Å². The van der Waals surface area contributed by atoms with Crippen LogP contribution in [0.5, 0.6) is 5.75 Å². The van der Waals surface area contributed by atoms with E-state index < -0.39 is 16.9 Å². The molecule has 220 valence electrons. The first-order valence-electron chi connectivity index (χ1n) is 13.2. The van der Waals surface area contributed by atoms with Gasteiger partial charge in [-0.25, -0.2) is 9.79 Å². The van der Waals surface area contributed by atoms with Crippen molar-refractivity contribution in [3.63, 3.8) is 0 Å². The molecular formula is C31H25BrClN3O6S. The molecule has 1 aliphatic rings. The SMILES string of the molecule is CCOC(=O)C1=C(C)N=c2s/c(=C\c3cc(Br)c(OCc4cccc(Cl)c4)c([N+](=O)[O-])c3)c(=O)n2[C@H]1c1ccc(C)cc1. The molecule has 5 rings (SSSR count). The molecule has 0 aliphatic carbocycles. The molecule has 0 unspecified atom stereocenters. The van der Waals surface area contributed by atoms with E-state index in [1.54, 1.807) is 50.3 Å². The van der Waals surface area contributed by atoms with Crippen LogP contribution in [0.4, 0.5) is 5.69 Å². The molecule has 4 aromatic rings. The van der Waals surface area contributed by atoms with Crippen LogP contribution in [-0.2, 0) is 16.1 Å². The summed E-state index contributed by atoms with van der Waals surface area (Å²) in [5.74, 6) is -0.491. The summed E-state index contributed by atoms with van der Waals surface area (Å²) < 4.78 is 13.3. The van der Waals surface area contributed by atoms with Crippen LogP contribution in [0, 0.1) is 17.0 Å². The maximum Gasteiger partial charge on any atom is 0.338 e. The van der Waals surface area contributed by atoms with Crippen molar-refractivity contribution in [2.24, 2.45) is 4.99 Å². The first-order valence-corrected chi connectivity index (χ1v) is 15.2. The predicted octanol–water partition coefficient (Wildman–Crippen LogP) is 6.01. The Labute approximate surface area is 263 Å². The van der Waals surface area contributed by atoms with Gasteiger partial charge in [-0.15, -0.1) is 0 Å². The van der Waals surface area contributed by atoms with Gasteiger partial charge in [0.25, 0.3) is 5.56 Å². The fourth-order valence-corrected chi connectivity index (χ4v) is 6.59. The molecule has 43 heavy (non-hydrogen) atoms.